The van der Waals surface area contributed by atoms with Crippen LogP contribution >= 0.6 is 0 Å². The smallest absolute Gasteiger partial charge is 0.246 e. The molecular formula is C15H26N2O3S. The Balaban J connectivity index is 2.24. The number of furan rings is 1. The first-order valence-electron chi connectivity index (χ1n) is 7.70. The molecule has 1 aliphatic heterocycles. The lowest BCUT2D eigenvalue weighted by molar-refractivity contribution is 0.262. The predicted octanol–water partition coefficient (Wildman–Crippen LogP) is 2.56. The predicted molar refractivity (Wildman–Crippen MR) is 82.5 cm³/mol. The summed E-state index contributed by atoms with van der Waals surface area (Å²) >= 11 is 0. The first-order chi connectivity index (χ1) is 9.91. The molecule has 120 valence electrons. The van der Waals surface area contributed by atoms with Crippen molar-refractivity contribution in [3.05, 3.63) is 17.1 Å². The first-order valence-corrected chi connectivity index (χ1v) is 9.14. The van der Waals surface area contributed by atoms with Gasteiger partial charge in [-0.15, -0.1) is 0 Å². The Labute approximate surface area is 127 Å². The molecule has 1 aromatic rings. The standard InChI is InChI=1S/C15H26N2O3S/c1-4-5-13-6-8-17(9-7-13)21(18,19)15-12(3)20-11(2)14(15)10-16/h13H,4-10,16H2,1-3H3. The average molecular weight is 314 g/mol. The monoisotopic (exact) mass is 314 g/mol. The fourth-order valence-electron chi connectivity index (χ4n) is 3.26. The summed E-state index contributed by atoms with van der Waals surface area (Å²) in [6.45, 7) is 7.02. The number of rotatable bonds is 5. The lowest BCUT2D eigenvalue weighted by atomic mass is 9.94. The number of nitrogens with two attached hydrogens (primary N) is 1. The van der Waals surface area contributed by atoms with Gasteiger partial charge >= 0.3 is 0 Å². The quantitative estimate of drug-likeness (QED) is 0.906. The number of sulfonamides is 1. The molecule has 21 heavy (non-hydrogen) atoms. The fourth-order valence-corrected chi connectivity index (χ4v) is 5.15. The van der Waals surface area contributed by atoms with Gasteiger partial charge in [0.2, 0.25) is 10.0 Å². The molecule has 0 radical (unpaired) electrons. The van der Waals surface area contributed by atoms with Crippen LogP contribution in [0.3, 0.4) is 0 Å². The van der Waals surface area contributed by atoms with E-state index < -0.39 is 10.0 Å². The summed E-state index contributed by atoms with van der Waals surface area (Å²) in [7, 11) is -3.49. The third-order valence-electron chi connectivity index (χ3n) is 4.40. The molecule has 0 unspecified atom stereocenters. The highest BCUT2D eigenvalue weighted by Gasteiger charge is 2.34. The second-order valence-electron chi connectivity index (χ2n) is 5.86. The largest absolute Gasteiger partial charge is 0.465 e. The Bertz CT molecular complexity index is 584. The molecule has 2 heterocycles. The Morgan fingerprint density at radius 2 is 1.86 bits per heavy atom. The highest BCUT2D eigenvalue weighted by molar-refractivity contribution is 7.89. The molecule has 2 rings (SSSR count). The average Bonchev–Trinajstić information content (AvgIpc) is 2.74. The molecule has 1 saturated heterocycles. The van der Waals surface area contributed by atoms with Gasteiger partial charge in [0, 0.05) is 25.2 Å². The van der Waals surface area contributed by atoms with Crippen molar-refractivity contribution in [2.45, 2.75) is 57.9 Å². The minimum atomic E-state index is -3.49. The molecule has 0 atom stereocenters. The molecule has 0 bridgehead atoms. The van der Waals surface area contributed by atoms with Gasteiger partial charge in [0.15, 0.2) is 0 Å². The van der Waals surface area contributed by atoms with Gasteiger partial charge in [0.05, 0.1) is 0 Å². The number of aryl methyl sites for hydroxylation is 2. The summed E-state index contributed by atoms with van der Waals surface area (Å²) in [4.78, 5) is 0.288. The second kappa shape index (κ2) is 6.50. The van der Waals surface area contributed by atoms with E-state index in [4.69, 9.17) is 10.2 Å². The molecule has 5 nitrogen and oxygen atoms in total. The number of hydrogen-bond acceptors (Lipinski definition) is 4. The van der Waals surface area contributed by atoms with Gasteiger partial charge in [-0.2, -0.15) is 4.31 Å². The van der Waals surface area contributed by atoms with Crippen molar-refractivity contribution in [1.29, 1.82) is 0 Å². The van der Waals surface area contributed by atoms with Gasteiger partial charge in [-0.1, -0.05) is 19.8 Å². The van der Waals surface area contributed by atoms with Crippen molar-refractivity contribution < 1.29 is 12.8 Å². The summed E-state index contributed by atoms with van der Waals surface area (Å²) < 4.78 is 32.8. The summed E-state index contributed by atoms with van der Waals surface area (Å²) in [5.41, 5.74) is 6.32. The highest BCUT2D eigenvalue weighted by atomic mass is 32.2. The first kappa shape index (κ1) is 16.5. The molecule has 1 aromatic heterocycles. The normalized spacial score (nSPS) is 18.3. The zero-order valence-corrected chi connectivity index (χ0v) is 14.0. The Morgan fingerprint density at radius 1 is 1.24 bits per heavy atom. The molecule has 0 aliphatic carbocycles. The van der Waals surface area contributed by atoms with Crippen molar-refractivity contribution >= 4 is 10.0 Å². The van der Waals surface area contributed by atoms with E-state index in [1.54, 1.807) is 18.2 Å². The van der Waals surface area contributed by atoms with Crippen molar-refractivity contribution in [2.75, 3.05) is 13.1 Å². The zero-order chi connectivity index (χ0) is 15.6. The van der Waals surface area contributed by atoms with Crippen molar-refractivity contribution in [1.82, 2.24) is 4.31 Å². The maximum absolute atomic E-state index is 12.9. The Morgan fingerprint density at radius 3 is 2.38 bits per heavy atom. The van der Waals surface area contributed by atoms with E-state index in [0.29, 0.717) is 36.1 Å². The van der Waals surface area contributed by atoms with E-state index in [9.17, 15) is 8.42 Å². The molecule has 1 aliphatic rings. The maximum Gasteiger partial charge on any atom is 0.246 e. The highest BCUT2D eigenvalue weighted by Crippen LogP contribution is 2.32. The fraction of sp³-hybridized carbons (Fsp3) is 0.733. The van der Waals surface area contributed by atoms with Crippen LogP contribution in [0.1, 0.15) is 49.7 Å². The second-order valence-corrected chi connectivity index (χ2v) is 7.74. The molecule has 0 aromatic carbocycles. The van der Waals surface area contributed by atoms with Crippen LogP contribution < -0.4 is 5.73 Å². The lowest BCUT2D eigenvalue weighted by Gasteiger charge is -2.31. The minimum absolute atomic E-state index is 0.185. The van der Waals surface area contributed by atoms with Gasteiger partial charge < -0.3 is 10.2 Å². The van der Waals surface area contributed by atoms with Crippen LogP contribution in [-0.2, 0) is 16.6 Å². The van der Waals surface area contributed by atoms with Crippen LogP contribution in [-0.4, -0.2) is 25.8 Å². The molecule has 1 fully saturated rings. The van der Waals surface area contributed by atoms with Gasteiger partial charge in [0.25, 0.3) is 0 Å². The summed E-state index contributed by atoms with van der Waals surface area (Å²) in [6.07, 6.45) is 4.24. The van der Waals surface area contributed by atoms with E-state index in [1.807, 2.05) is 0 Å². The molecular weight excluding hydrogens is 288 g/mol. The van der Waals surface area contributed by atoms with E-state index in [0.717, 1.165) is 19.3 Å². The van der Waals surface area contributed by atoms with Gasteiger partial charge in [-0.05, 0) is 32.6 Å². The topological polar surface area (TPSA) is 76.5 Å². The van der Waals surface area contributed by atoms with Crippen molar-refractivity contribution in [3.63, 3.8) is 0 Å². The molecule has 6 heteroatoms. The van der Waals surface area contributed by atoms with Crippen molar-refractivity contribution in [2.24, 2.45) is 11.7 Å². The Kier molecular flexibility index (Phi) is 5.11. The van der Waals surface area contributed by atoms with E-state index >= 15 is 0 Å². The van der Waals surface area contributed by atoms with Crippen LogP contribution in [0.5, 0.6) is 0 Å². The SMILES string of the molecule is CCCC1CCN(S(=O)(=O)c2c(C)oc(C)c2CN)CC1. The van der Waals surface area contributed by atoms with Crippen molar-refractivity contribution in [3.8, 4) is 0 Å². The van der Waals surface area contributed by atoms with Gasteiger partial charge in [-0.3, -0.25) is 0 Å². The minimum Gasteiger partial charge on any atom is -0.465 e. The van der Waals surface area contributed by atoms with E-state index in [1.165, 1.54) is 6.42 Å². The maximum atomic E-state index is 12.9. The van der Waals surface area contributed by atoms with E-state index in [2.05, 4.69) is 6.92 Å². The number of piperidine rings is 1. The summed E-state index contributed by atoms with van der Waals surface area (Å²) in [5.74, 6) is 1.71. The third-order valence-corrected chi connectivity index (χ3v) is 6.49. The van der Waals surface area contributed by atoms with E-state index in [-0.39, 0.29) is 11.4 Å². The van der Waals surface area contributed by atoms with Gasteiger partial charge in [-0.25, -0.2) is 8.42 Å². The van der Waals surface area contributed by atoms with Crippen LogP contribution in [0, 0.1) is 19.8 Å². The lowest BCUT2D eigenvalue weighted by Crippen LogP contribution is -2.39. The van der Waals surface area contributed by atoms with Crippen LogP contribution in [0.15, 0.2) is 9.31 Å². The van der Waals surface area contributed by atoms with Gasteiger partial charge in [0.1, 0.15) is 16.4 Å². The molecule has 2 N–H and O–H groups in total. The third kappa shape index (κ3) is 3.17. The Hall–Kier alpha value is -0.850. The van der Waals surface area contributed by atoms with Crippen LogP contribution in [0.4, 0.5) is 0 Å². The number of nitrogens with zero attached hydrogens (tertiary/aromatic N) is 1. The summed E-state index contributed by atoms with van der Waals surface area (Å²) in [6, 6.07) is 0. The van der Waals surface area contributed by atoms with Crippen LogP contribution in [0.2, 0.25) is 0 Å². The summed E-state index contributed by atoms with van der Waals surface area (Å²) in [5, 5.41) is 0. The molecule has 0 spiro atoms. The molecule has 0 amide bonds. The zero-order valence-electron chi connectivity index (χ0n) is 13.2. The number of hydrogen-bond donors (Lipinski definition) is 1. The van der Waals surface area contributed by atoms with Crippen LogP contribution in [0.25, 0.3) is 0 Å². The molecule has 0 saturated carbocycles.